The highest BCUT2D eigenvalue weighted by Crippen LogP contribution is 2.33. The highest BCUT2D eigenvalue weighted by Gasteiger charge is 2.24. The van der Waals surface area contributed by atoms with Gasteiger partial charge in [-0.05, 0) is 42.2 Å². The van der Waals surface area contributed by atoms with E-state index in [0.29, 0.717) is 43.1 Å². The number of benzene rings is 3. The second kappa shape index (κ2) is 10.1. The molecule has 30 heavy (non-hydrogen) atoms. The van der Waals surface area contributed by atoms with Crippen LogP contribution in [0.15, 0.2) is 78.9 Å². The lowest BCUT2D eigenvalue weighted by Crippen LogP contribution is -2.29. The fourth-order valence-corrected chi connectivity index (χ4v) is 3.24. The third-order valence-corrected chi connectivity index (χ3v) is 4.88. The van der Waals surface area contributed by atoms with Gasteiger partial charge in [-0.2, -0.15) is 0 Å². The Morgan fingerprint density at radius 2 is 1.33 bits per heavy atom. The molecule has 0 spiro atoms. The van der Waals surface area contributed by atoms with Gasteiger partial charge in [-0.15, -0.1) is 0 Å². The number of ether oxygens (including phenoxy) is 4. The van der Waals surface area contributed by atoms with Crippen molar-refractivity contribution in [1.29, 1.82) is 0 Å². The lowest BCUT2D eigenvalue weighted by atomic mass is 10.1. The van der Waals surface area contributed by atoms with E-state index in [2.05, 4.69) is 0 Å². The van der Waals surface area contributed by atoms with Crippen molar-refractivity contribution < 1.29 is 23.7 Å². The van der Waals surface area contributed by atoms with Gasteiger partial charge in [-0.1, -0.05) is 60.7 Å². The fourth-order valence-electron chi connectivity index (χ4n) is 3.24. The number of carbonyl (C=O) groups excluding carboxylic acids is 1. The summed E-state index contributed by atoms with van der Waals surface area (Å²) in [5.74, 6) is 0.973. The molecule has 0 saturated carbocycles. The van der Waals surface area contributed by atoms with E-state index in [1.165, 1.54) is 0 Å². The summed E-state index contributed by atoms with van der Waals surface area (Å²) in [6.07, 6.45) is 0.430. The van der Waals surface area contributed by atoms with Crippen LogP contribution in [0.1, 0.15) is 21.5 Å². The standard InChI is InChI=1S/C25H24O5/c26-24(21-11-12-22-23(17-21)30-18-29-22)25(27-15-13-19-7-3-1-4-8-19)28-16-14-20-9-5-2-6-10-20/h1-12,17,25H,13-16,18H2. The van der Waals surface area contributed by atoms with Gasteiger partial charge in [-0.3, -0.25) is 4.79 Å². The van der Waals surface area contributed by atoms with Gasteiger partial charge in [0.2, 0.25) is 18.9 Å². The Bertz CT molecular complexity index is 910. The van der Waals surface area contributed by atoms with Crippen molar-refractivity contribution in [2.45, 2.75) is 19.1 Å². The molecule has 0 aliphatic carbocycles. The maximum absolute atomic E-state index is 13.1. The summed E-state index contributed by atoms with van der Waals surface area (Å²) < 4.78 is 22.5. The van der Waals surface area contributed by atoms with E-state index >= 15 is 0 Å². The first-order valence-corrected chi connectivity index (χ1v) is 10.0. The van der Waals surface area contributed by atoms with E-state index in [0.717, 1.165) is 11.1 Å². The molecule has 0 unspecified atom stereocenters. The van der Waals surface area contributed by atoms with Gasteiger partial charge in [0.15, 0.2) is 11.5 Å². The normalized spacial score (nSPS) is 12.3. The van der Waals surface area contributed by atoms with E-state index in [1.807, 2.05) is 60.7 Å². The summed E-state index contributed by atoms with van der Waals surface area (Å²) in [5.41, 5.74) is 2.77. The average Bonchev–Trinajstić information content (AvgIpc) is 3.27. The van der Waals surface area contributed by atoms with Crippen LogP contribution in [0, 0.1) is 0 Å². The first-order valence-electron chi connectivity index (χ1n) is 10.0. The predicted molar refractivity (Wildman–Crippen MR) is 113 cm³/mol. The van der Waals surface area contributed by atoms with Gasteiger partial charge in [0.25, 0.3) is 0 Å². The fraction of sp³-hybridized carbons (Fsp3) is 0.240. The van der Waals surface area contributed by atoms with Gasteiger partial charge in [0, 0.05) is 5.56 Å². The Hall–Kier alpha value is -3.15. The smallest absolute Gasteiger partial charge is 0.231 e. The summed E-state index contributed by atoms with van der Waals surface area (Å²) in [7, 11) is 0. The van der Waals surface area contributed by atoms with Crippen molar-refractivity contribution >= 4 is 5.78 Å². The first kappa shape index (κ1) is 20.1. The topological polar surface area (TPSA) is 54.0 Å². The van der Waals surface area contributed by atoms with Crippen LogP contribution in [0.2, 0.25) is 0 Å². The summed E-state index contributed by atoms with van der Waals surface area (Å²) in [4.78, 5) is 13.1. The monoisotopic (exact) mass is 404 g/mol. The molecular formula is C25H24O5. The van der Waals surface area contributed by atoms with Crippen molar-refractivity contribution in [3.63, 3.8) is 0 Å². The molecule has 5 nitrogen and oxygen atoms in total. The molecule has 0 bridgehead atoms. The Morgan fingerprint density at radius 3 is 1.93 bits per heavy atom. The first-order chi connectivity index (χ1) is 14.8. The molecular weight excluding hydrogens is 380 g/mol. The summed E-state index contributed by atoms with van der Waals surface area (Å²) in [5, 5.41) is 0. The maximum atomic E-state index is 13.1. The molecule has 154 valence electrons. The molecule has 1 heterocycles. The van der Waals surface area contributed by atoms with Crippen LogP contribution in [-0.2, 0) is 22.3 Å². The number of ketones is 1. The third kappa shape index (κ3) is 5.26. The van der Waals surface area contributed by atoms with Gasteiger partial charge < -0.3 is 18.9 Å². The second-order valence-corrected chi connectivity index (χ2v) is 6.98. The van der Waals surface area contributed by atoms with Gasteiger partial charge in [-0.25, -0.2) is 0 Å². The quantitative estimate of drug-likeness (QED) is 0.369. The van der Waals surface area contributed by atoms with Crippen LogP contribution < -0.4 is 9.47 Å². The van der Waals surface area contributed by atoms with Crippen LogP contribution in [0.5, 0.6) is 11.5 Å². The van der Waals surface area contributed by atoms with Crippen LogP contribution >= 0.6 is 0 Å². The lowest BCUT2D eigenvalue weighted by molar-refractivity contribution is -0.112. The zero-order chi connectivity index (χ0) is 20.6. The number of carbonyl (C=O) groups is 1. The largest absolute Gasteiger partial charge is 0.454 e. The minimum absolute atomic E-state index is 0.164. The molecule has 3 aromatic carbocycles. The van der Waals surface area contributed by atoms with E-state index in [4.69, 9.17) is 18.9 Å². The van der Waals surface area contributed by atoms with Crippen LogP contribution in [-0.4, -0.2) is 32.1 Å². The SMILES string of the molecule is O=C(c1ccc2c(c1)OCO2)C(OCCc1ccccc1)OCCc1ccccc1. The van der Waals surface area contributed by atoms with Gasteiger partial charge >= 0.3 is 0 Å². The van der Waals surface area contributed by atoms with Crippen molar-refractivity contribution in [2.24, 2.45) is 0 Å². The highest BCUT2D eigenvalue weighted by atomic mass is 16.7. The minimum atomic E-state index is -0.974. The Balaban J connectivity index is 1.40. The van der Waals surface area contributed by atoms with E-state index < -0.39 is 6.29 Å². The zero-order valence-electron chi connectivity index (χ0n) is 16.7. The molecule has 3 aromatic rings. The number of rotatable bonds is 10. The Kier molecular flexibility index (Phi) is 6.75. The molecule has 0 saturated heterocycles. The van der Waals surface area contributed by atoms with Crippen LogP contribution in [0.3, 0.4) is 0 Å². The minimum Gasteiger partial charge on any atom is -0.454 e. The number of hydrogen-bond donors (Lipinski definition) is 0. The molecule has 0 atom stereocenters. The molecule has 5 heteroatoms. The van der Waals surface area contributed by atoms with Gasteiger partial charge in [0.05, 0.1) is 13.2 Å². The van der Waals surface area contributed by atoms with E-state index in [-0.39, 0.29) is 12.6 Å². The molecule has 1 aliphatic rings. The maximum Gasteiger partial charge on any atom is 0.231 e. The van der Waals surface area contributed by atoms with Gasteiger partial charge in [0.1, 0.15) is 0 Å². The van der Waals surface area contributed by atoms with Crippen LogP contribution in [0.4, 0.5) is 0 Å². The van der Waals surface area contributed by atoms with Crippen LogP contribution in [0.25, 0.3) is 0 Å². The molecule has 0 fully saturated rings. The predicted octanol–water partition coefficient (Wildman–Crippen LogP) is 4.44. The number of Topliss-reactive ketones (excluding diaryl/α,β-unsaturated/α-hetero) is 1. The number of hydrogen-bond acceptors (Lipinski definition) is 5. The number of fused-ring (bicyclic) bond motifs is 1. The van der Waals surface area contributed by atoms with E-state index in [1.54, 1.807) is 18.2 Å². The van der Waals surface area contributed by atoms with E-state index in [9.17, 15) is 4.79 Å². The molecule has 0 aromatic heterocycles. The molecule has 4 rings (SSSR count). The molecule has 0 radical (unpaired) electrons. The second-order valence-electron chi connectivity index (χ2n) is 6.98. The zero-order valence-corrected chi connectivity index (χ0v) is 16.7. The summed E-state index contributed by atoms with van der Waals surface area (Å²) in [6, 6.07) is 25.2. The van der Waals surface area contributed by atoms with Crippen molar-refractivity contribution in [3.8, 4) is 11.5 Å². The molecule has 0 N–H and O–H groups in total. The Labute approximate surface area is 176 Å². The third-order valence-electron chi connectivity index (χ3n) is 4.88. The van der Waals surface area contributed by atoms with Crippen molar-refractivity contribution in [3.05, 3.63) is 95.6 Å². The average molecular weight is 404 g/mol. The van der Waals surface area contributed by atoms with Crippen molar-refractivity contribution in [2.75, 3.05) is 20.0 Å². The molecule has 0 amide bonds. The Morgan fingerprint density at radius 1 is 0.767 bits per heavy atom. The summed E-state index contributed by atoms with van der Waals surface area (Å²) in [6.45, 7) is 0.935. The molecule has 1 aliphatic heterocycles. The van der Waals surface area contributed by atoms with Crippen molar-refractivity contribution in [1.82, 2.24) is 0 Å². The highest BCUT2D eigenvalue weighted by molar-refractivity contribution is 5.99. The summed E-state index contributed by atoms with van der Waals surface area (Å²) >= 11 is 0. The lowest BCUT2D eigenvalue weighted by Gasteiger charge is -2.18.